The summed E-state index contributed by atoms with van der Waals surface area (Å²) in [4.78, 5) is 17.4. The molecule has 2 aromatic heterocycles. The van der Waals surface area contributed by atoms with Crippen LogP contribution in [0.1, 0.15) is 5.69 Å². The number of hydrogen-bond acceptors (Lipinski definition) is 6. The van der Waals surface area contributed by atoms with Crippen molar-refractivity contribution in [2.24, 2.45) is 0 Å². The van der Waals surface area contributed by atoms with Crippen LogP contribution in [0.2, 0.25) is 0 Å². The van der Waals surface area contributed by atoms with Crippen molar-refractivity contribution < 1.29 is 8.78 Å². The Bertz CT molecular complexity index is 1230. The maximum absolute atomic E-state index is 13.0. The molecule has 0 radical (unpaired) electrons. The van der Waals surface area contributed by atoms with Crippen LogP contribution in [0.4, 0.5) is 8.78 Å². The van der Waals surface area contributed by atoms with Crippen LogP contribution in [-0.2, 0) is 0 Å². The van der Waals surface area contributed by atoms with E-state index in [1.54, 1.807) is 42.6 Å². The molecular formula is C19H10F2N4OS2. The van der Waals surface area contributed by atoms with E-state index in [2.05, 4.69) is 4.98 Å². The van der Waals surface area contributed by atoms with E-state index in [9.17, 15) is 24.1 Å². The molecule has 0 unspecified atom stereocenters. The predicted molar refractivity (Wildman–Crippen MR) is 103 cm³/mol. The highest BCUT2D eigenvalue weighted by atomic mass is 32.2. The Labute approximate surface area is 166 Å². The number of alkyl halides is 2. The van der Waals surface area contributed by atoms with Crippen molar-refractivity contribution in [2.45, 2.75) is 10.7 Å². The third kappa shape index (κ3) is 4.17. The van der Waals surface area contributed by atoms with E-state index in [4.69, 9.17) is 0 Å². The quantitative estimate of drug-likeness (QED) is 0.616. The molecule has 5 nitrogen and oxygen atoms in total. The summed E-state index contributed by atoms with van der Waals surface area (Å²) in [7, 11) is 0. The van der Waals surface area contributed by atoms with Crippen LogP contribution in [0, 0.1) is 22.7 Å². The summed E-state index contributed by atoms with van der Waals surface area (Å²) in [5.74, 6) is -2.55. The van der Waals surface area contributed by atoms with Gasteiger partial charge in [0.15, 0.2) is 5.57 Å². The highest BCUT2D eigenvalue weighted by Gasteiger charge is 2.12. The van der Waals surface area contributed by atoms with Crippen molar-refractivity contribution in [1.82, 2.24) is 9.55 Å². The number of hydrogen-bond donors (Lipinski definition) is 0. The lowest BCUT2D eigenvalue weighted by Gasteiger charge is -2.04. The molecule has 0 amide bonds. The maximum Gasteiger partial charge on any atom is 0.288 e. The van der Waals surface area contributed by atoms with Crippen LogP contribution in [0.5, 0.6) is 0 Å². The molecule has 0 aliphatic rings. The number of halogens is 2. The van der Waals surface area contributed by atoms with Crippen LogP contribution in [0.25, 0.3) is 17.3 Å². The first kappa shape index (κ1) is 19.5. The van der Waals surface area contributed by atoms with Gasteiger partial charge in [-0.1, -0.05) is 17.8 Å². The molecule has 0 saturated heterocycles. The summed E-state index contributed by atoms with van der Waals surface area (Å²) in [5, 5.41) is 18.5. The first-order valence-corrected chi connectivity index (χ1v) is 9.47. The van der Waals surface area contributed by atoms with Crippen LogP contribution >= 0.6 is 23.1 Å². The van der Waals surface area contributed by atoms with E-state index in [-0.39, 0.29) is 10.2 Å². The average Bonchev–Trinajstić information content (AvgIpc) is 3.00. The second-order valence-corrected chi connectivity index (χ2v) is 7.38. The Hall–Kier alpha value is -3.27. The van der Waals surface area contributed by atoms with Gasteiger partial charge in [0.25, 0.3) is 11.3 Å². The lowest BCUT2D eigenvalue weighted by Crippen LogP contribution is -2.30. The van der Waals surface area contributed by atoms with Gasteiger partial charge in [0.1, 0.15) is 16.8 Å². The topological polar surface area (TPSA) is 82.5 Å². The highest BCUT2D eigenvalue weighted by molar-refractivity contribution is 7.99. The van der Waals surface area contributed by atoms with E-state index < -0.39 is 11.3 Å². The molecule has 0 fully saturated rings. The van der Waals surface area contributed by atoms with Gasteiger partial charge < -0.3 is 0 Å². The molecule has 0 bridgehead atoms. The molecule has 9 heteroatoms. The summed E-state index contributed by atoms with van der Waals surface area (Å²) >= 11 is 1.39. The molecule has 0 aliphatic carbocycles. The number of thioether (sulfide) groups is 1. The molecule has 2 heterocycles. The van der Waals surface area contributed by atoms with Crippen LogP contribution in [0.15, 0.2) is 58.4 Å². The SMILES string of the molecule is N#CC(C#N)=c1sc(=Cc2ccccn2)c(=O)n1-c1ccc(SC(F)F)cc1. The van der Waals surface area contributed by atoms with E-state index >= 15 is 0 Å². The third-order valence-electron chi connectivity index (χ3n) is 3.55. The minimum Gasteiger partial charge on any atom is -0.267 e. The molecule has 1 aromatic carbocycles. The van der Waals surface area contributed by atoms with Gasteiger partial charge in [-0.15, -0.1) is 11.3 Å². The van der Waals surface area contributed by atoms with Crippen molar-refractivity contribution in [3.05, 3.63) is 73.9 Å². The number of pyridine rings is 1. The fourth-order valence-electron chi connectivity index (χ4n) is 2.38. The van der Waals surface area contributed by atoms with Gasteiger partial charge >= 0.3 is 0 Å². The average molecular weight is 412 g/mol. The second kappa shape index (κ2) is 8.61. The fourth-order valence-corrected chi connectivity index (χ4v) is 3.92. The molecule has 138 valence electrons. The molecule has 0 saturated carbocycles. The van der Waals surface area contributed by atoms with Gasteiger partial charge in [0, 0.05) is 11.1 Å². The second-order valence-electron chi connectivity index (χ2n) is 5.28. The largest absolute Gasteiger partial charge is 0.288 e. The molecule has 0 atom stereocenters. The first-order valence-electron chi connectivity index (χ1n) is 7.78. The standard InChI is InChI=1S/C19H10F2N4OS2/c20-19(21)27-15-6-4-14(5-7-15)25-17(26)16(9-13-3-1-2-8-24-13)28-18(25)12(10-22)11-23/h1-9,19H. The zero-order valence-electron chi connectivity index (χ0n) is 14.0. The lowest BCUT2D eigenvalue weighted by atomic mass is 10.3. The van der Waals surface area contributed by atoms with E-state index in [1.165, 1.54) is 28.8 Å². The van der Waals surface area contributed by atoms with E-state index in [0.29, 0.717) is 32.6 Å². The number of nitriles is 2. The lowest BCUT2D eigenvalue weighted by molar-refractivity contribution is 0.252. The summed E-state index contributed by atoms with van der Waals surface area (Å²) < 4.78 is 26.7. The van der Waals surface area contributed by atoms with Gasteiger partial charge in [0.2, 0.25) is 0 Å². The Balaban J connectivity index is 2.25. The normalized spacial score (nSPS) is 11.2. The van der Waals surface area contributed by atoms with Crippen LogP contribution in [-0.4, -0.2) is 15.3 Å². The minimum atomic E-state index is -2.55. The van der Waals surface area contributed by atoms with Crippen LogP contribution in [0.3, 0.4) is 0 Å². The van der Waals surface area contributed by atoms with Crippen LogP contribution < -0.4 is 14.8 Å². The molecule has 3 aromatic rings. The Morgan fingerprint density at radius 3 is 2.46 bits per heavy atom. The third-order valence-corrected chi connectivity index (χ3v) is 5.36. The molecular weight excluding hydrogens is 402 g/mol. The van der Waals surface area contributed by atoms with Crippen molar-refractivity contribution >= 4 is 34.7 Å². The van der Waals surface area contributed by atoms with Gasteiger partial charge in [-0.25, -0.2) is 0 Å². The molecule has 3 rings (SSSR count). The van der Waals surface area contributed by atoms with Crippen molar-refractivity contribution in [3.8, 4) is 17.8 Å². The fraction of sp³-hybridized carbons (Fsp3) is 0.0526. The smallest absolute Gasteiger partial charge is 0.267 e. The molecule has 0 aliphatic heterocycles. The molecule has 0 spiro atoms. The van der Waals surface area contributed by atoms with Gasteiger partial charge in [-0.05, 0) is 42.5 Å². The van der Waals surface area contributed by atoms with Crippen molar-refractivity contribution in [1.29, 1.82) is 10.5 Å². The number of nitrogens with zero attached hydrogens (tertiary/aromatic N) is 4. The van der Waals surface area contributed by atoms with Gasteiger partial charge in [-0.2, -0.15) is 19.3 Å². The Morgan fingerprint density at radius 2 is 1.89 bits per heavy atom. The Kier molecular flexibility index (Phi) is 5.99. The number of aromatic nitrogens is 2. The summed E-state index contributed by atoms with van der Waals surface area (Å²) in [6.45, 7) is 0. The zero-order valence-corrected chi connectivity index (χ0v) is 15.7. The Morgan fingerprint density at radius 1 is 1.18 bits per heavy atom. The first-order chi connectivity index (χ1) is 13.5. The summed E-state index contributed by atoms with van der Waals surface area (Å²) in [6, 6.07) is 14.7. The van der Waals surface area contributed by atoms with Crippen molar-refractivity contribution in [2.75, 3.05) is 0 Å². The van der Waals surface area contributed by atoms with Crippen molar-refractivity contribution in [3.63, 3.8) is 0 Å². The van der Waals surface area contributed by atoms with Gasteiger partial charge in [-0.3, -0.25) is 14.3 Å². The monoisotopic (exact) mass is 412 g/mol. The number of thiazole rings is 1. The van der Waals surface area contributed by atoms with E-state index in [1.807, 2.05) is 0 Å². The highest BCUT2D eigenvalue weighted by Crippen LogP contribution is 2.25. The maximum atomic E-state index is 13.0. The number of rotatable bonds is 4. The number of benzene rings is 1. The predicted octanol–water partition coefficient (Wildman–Crippen LogP) is 2.64. The minimum absolute atomic E-state index is 0.173. The molecule has 28 heavy (non-hydrogen) atoms. The zero-order chi connectivity index (χ0) is 20.1. The summed E-state index contributed by atoms with van der Waals surface area (Å²) in [6.07, 6.45) is 3.15. The molecule has 0 N–H and O–H groups in total. The van der Waals surface area contributed by atoms with Gasteiger partial charge in [0.05, 0.1) is 15.9 Å². The van der Waals surface area contributed by atoms with E-state index in [0.717, 1.165) is 11.3 Å². The summed E-state index contributed by atoms with van der Waals surface area (Å²) in [5.41, 5.74) is 0.286.